The number of thioether (sulfide) groups is 1. The fourth-order valence-electron chi connectivity index (χ4n) is 2.17. The van der Waals surface area contributed by atoms with E-state index in [1.165, 1.54) is 4.79 Å². The largest absolute Gasteiger partial charge is 0.481 e. The smallest absolute Gasteiger partial charge is 0.313 e. The Balaban J connectivity index is 1.86. The summed E-state index contributed by atoms with van der Waals surface area (Å²) >= 11 is 1.03. The number of nitrogens with one attached hydrogen (secondary N) is 1. The average Bonchev–Trinajstić information content (AvgIpc) is 3.17. The molecule has 9 nitrogen and oxygen atoms in total. The number of furan rings is 1. The van der Waals surface area contributed by atoms with Crippen molar-refractivity contribution in [1.82, 2.24) is 25.1 Å². The van der Waals surface area contributed by atoms with Gasteiger partial charge in [-0.3, -0.25) is 9.89 Å². The number of aromatic amines is 1. The van der Waals surface area contributed by atoms with Crippen molar-refractivity contribution in [2.24, 2.45) is 0 Å². The number of carbonyl (C=O) groups is 1. The molecule has 0 bridgehead atoms. The van der Waals surface area contributed by atoms with Crippen molar-refractivity contribution in [3.05, 3.63) is 23.5 Å². The third-order valence-corrected chi connectivity index (χ3v) is 4.03. The molecule has 0 saturated heterocycles. The van der Waals surface area contributed by atoms with Gasteiger partial charge in [-0.25, -0.2) is 0 Å². The molecule has 120 valence electrons. The Morgan fingerprint density at radius 3 is 2.83 bits per heavy atom. The zero-order chi connectivity index (χ0) is 16.6. The van der Waals surface area contributed by atoms with Gasteiger partial charge in [-0.05, 0) is 26.0 Å². The van der Waals surface area contributed by atoms with Gasteiger partial charge in [-0.15, -0.1) is 5.10 Å². The number of carboxylic acids is 1. The van der Waals surface area contributed by atoms with Gasteiger partial charge in [-0.1, -0.05) is 11.8 Å². The second-order valence-corrected chi connectivity index (χ2v) is 5.75. The van der Waals surface area contributed by atoms with E-state index in [0.29, 0.717) is 22.5 Å². The van der Waals surface area contributed by atoms with E-state index in [4.69, 9.17) is 15.4 Å². The molecule has 0 fully saturated rings. The quantitative estimate of drug-likeness (QED) is 0.471. The zero-order valence-electron chi connectivity index (χ0n) is 12.4. The third-order valence-electron chi connectivity index (χ3n) is 3.20. The van der Waals surface area contributed by atoms with Gasteiger partial charge < -0.3 is 15.4 Å². The fourth-order valence-corrected chi connectivity index (χ4v) is 2.69. The van der Waals surface area contributed by atoms with Gasteiger partial charge in [0, 0.05) is 0 Å². The summed E-state index contributed by atoms with van der Waals surface area (Å²) in [6.07, 6.45) is 0. The van der Waals surface area contributed by atoms with E-state index in [9.17, 15) is 4.79 Å². The number of aromatic nitrogens is 5. The van der Waals surface area contributed by atoms with Crippen molar-refractivity contribution < 1.29 is 14.3 Å². The molecule has 0 radical (unpaired) electrons. The molecule has 0 saturated carbocycles. The van der Waals surface area contributed by atoms with Crippen LogP contribution in [-0.2, 0) is 4.79 Å². The highest BCUT2D eigenvalue weighted by atomic mass is 32.2. The highest BCUT2D eigenvalue weighted by Crippen LogP contribution is 2.31. The van der Waals surface area contributed by atoms with Crippen LogP contribution in [0.25, 0.3) is 22.9 Å². The van der Waals surface area contributed by atoms with Crippen molar-refractivity contribution >= 4 is 17.7 Å². The first-order valence-electron chi connectivity index (χ1n) is 6.64. The molecule has 0 amide bonds. The molecule has 0 unspecified atom stereocenters. The minimum Gasteiger partial charge on any atom is -0.481 e. The van der Waals surface area contributed by atoms with Crippen LogP contribution in [0.3, 0.4) is 0 Å². The predicted molar refractivity (Wildman–Crippen MR) is 83.3 cm³/mol. The lowest BCUT2D eigenvalue weighted by molar-refractivity contribution is -0.133. The summed E-state index contributed by atoms with van der Waals surface area (Å²) in [6.45, 7) is 3.70. The van der Waals surface area contributed by atoms with Gasteiger partial charge in [0.15, 0.2) is 11.6 Å². The molecule has 10 heteroatoms. The van der Waals surface area contributed by atoms with Crippen LogP contribution in [0.4, 0.5) is 0 Å². The van der Waals surface area contributed by atoms with Crippen LogP contribution < -0.4 is 5.84 Å². The number of H-pyrrole nitrogens is 1. The maximum Gasteiger partial charge on any atom is 0.313 e. The molecular formula is C13H14N6O3S. The maximum absolute atomic E-state index is 10.6. The van der Waals surface area contributed by atoms with Gasteiger partial charge >= 0.3 is 5.97 Å². The number of carboxylic acid groups (broad SMARTS) is 1. The molecule has 4 N–H and O–H groups in total. The molecule has 0 aliphatic rings. The summed E-state index contributed by atoms with van der Waals surface area (Å²) in [5.74, 6) is 6.27. The maximum atomic E-state index is 10.6. The molecule has 0 aliphatic heterocycles. The van der Waals surface area contributed by atoms with E-state index in [0.717, 1.165) is 28.7 Å². The van der Waals surface area contributed by atoms with Crippen LogP contribution in [-0.4, -0.2) is 41.9 Å². The molecule has 3 aromatic rings. The topological polar surface area (TPSA) is 136 Å². The average molecular weight is 334 g/mol. The number of hydrogen-bond donors (Lipinski definition) is 3. The first-order valence-corrected chi connectivity index (χ1v) is 7.63. The fraction of sp³-hybridized carbons (Fsp3) is 0.231. The SMILES string of the molecule is Cc1nn(N)c(C)c1-c1ccc(-c2nc(SCC(=O)O)n[nH]2)o1. The van der Waals surface area contributed by atoms with E-state index in [1.807, 2.05) is 13.8 Å². The Labute approximate surface area is 134 Å². The minimum absolute atomic E-state index is 0.102. The second-order valence-electron chi connectivity index (χ2n) is 4.80. The molecule has 23 heavy (non-hydrogen) atoms. The van der Waals surface area contributed by atoms with E-state index < -0.39 is 5.97 Å². The molecular weight excluding hydrogens is 320 g/mol. The van der Waals surface area contributed by atoms with Crippen LogP contribution in [0, 0.1) is 13.8 Å². The first kappa shape index (κ1) is 15.2. The number of nitrogen functional groups attached to an aromatic ring is 1. The summed E-state index contributed by atoms with van der Waals surface area (Å²) in [5, 5.41) is 19.8. The highest BCUT2D eigenvalue weighted by molar-refractivity contribution is 7.99. The monoisotopic (exact) mass is 334 g/mol. The first-order chi connectivity index (χ1) is 11.0. The molecule has 3 rings (SSSR count). The third kappa shape index (κ3) is 2.93. The van der Waals surface area contributed by atoms with Crippen molar-refractivity contribution in [3.63, 3.8) is 0 Å². The molecule has 3 heterocycles. The number of nitrogens with two attached hydrogens (primary N) is 1. The molecule has 0 aliphatic carbocycles. The van der Waals surface area contributed by atoms with E-state index in [1.54, 1.807) is 12.1 Å². The Kier molecular flexibility index (Phi) is 3.82. The summed E-state index contributed by atoms with van der Waals surface area (Å²) in [6, 6.07) is 3.56. The van der Waals surface area contributed by atoms with Gasteiger partial charge in [0.25, 0.3) is 0 Å². The zero-order valence-corrected chi connectivity index (χ0v) is 13.2. The Bertz CT molecular complexity index is 865. The lowest BCUT2D eigenvalue weighted by atomic mass is 10.1. The van der Waals surface area contributed by atoms with Gasteiger partial charge in [0.05, 0.1) is 22.7 Å². The van der Waals surface area contributed by atoms with Crippen LogP contribution >= 0.6 is 11.8 Å². The Morgan fingerprint density at radius 1 is 1.43 bits per heavy atom. The molecule has 3 aromatic heterocycles. The molecule has 0 atom stereocenters. The lowest BCUT2D eigenvalue weighted by Crippen LogP contribution is -2.11. The van der Waals surface area contributed by atoms with E-state index >= 15 is 0 Å². The van der Waals surface area contributed by atoms with Crippen molar-refractivity contribution in [3.8, 4) is 22.9 Å². The van der Waals surface area contributed by atoms with Gasteiger partial charge in [0.1, 0.15) is 5.76 Å². The minimum atomic E-state index is -0.925. The standard InChI is InChI=1S/C13H14N6O3S/c1-6-11(7(2)19(14)18-6)8-3-4-9(22-8)12-15-13(17-16-12)23-5-10(20)21/h3-4H,5,14H2,1-2H3,(H,20,21)(H,15,16,17). The summed E-state index contributed by atoms with van der Waals surface area (Å²) in [5.41, 5.74) is 2.39. The van der Waals surface area contributed by atoms with E-state index in [2.05, 4.69) is 20.3 Å². The van der Waals surface area contributed by atoms with E-state index in [-0.39, 0.29) is 5.75 Å². The van der Waals surface area contributed by atoms with Crippen LogP contribution in [0.1, 0.15) is 11.4 Å². The molecule has 0 spiro atoms. The van der Waals surface area contributed by atoms with Crippen molar-refractivity contribution in [2.45, 2.75) is 19.0 Å². The Hall–Kier alpha value is -2.75. The normalized spacial score (nSPS) is 11.0. The van der Waals surface area contributed by atoms with Crippen LogP contribution in [0.15, 0.2) is 21.7 Å². The summed E-state index contributed by atoms with van der Waals surface area (Å²) < 4.78 is 5.80. The summed E-state index contributed by atoms with van der Waals surface area (Å²) in [4.78, 5) is 16.1. The lowest BCUT2D eigenvalue weighted by Gasteiger charge is -1.97. The highest BCUT2D eigenvalue weighted by Gasteiger charge is 2.17. The van der Waals surface area contributed by atoms with Gasteiger partial charge in [0.2, 0.25) is 5.16 Å². The molecule has 0 aromatic carbocycles. The second kappa shape index (κ2) is 5.80. The predicted octanol–water partition coefficient (Wildman–Crippen LogP) is 1.44. The van der Waals surface area contributed by atoms with Crippen molar-refractivity contribution in [1.29, 1.82) is 0 Å². The summed E-state index contributed by atoms with van der Waals surface area (Å²) in [7, 11) is 0. The number of nitrogens with zero attached hydrogens (tertiary/aromatic N) is 4. The van der Waals surface area contributed by atoms with Gasteiger partial charge in [-0.2, -0.15) is 14.9 Å². The number of hydrogen-bond acceptors (Lipinski definition) is 7. The van der Waals surface area contributed by atoms with Crippen molar-refractivity contribution in [2.75, 3.05) is 11.6 Å². The number of rotatable bonds is 5. The number of aliphatic carboxylic acids is 1. The number of aryl methyl sites for hydroxylation is 1. The Morgan fingerprint density at radius 2 is 2.17 bits per heavy atom. The van der Waals surface area contributed by atoms with Crippen LogP contribution in [0.5, 0.6) is 0 Å². The van der Waals surface area contributed by atoms with Crippen LogP contribution in [0.2, 0.25) is 0 Å².